The summed E-state index contributed by atoms with van der Waals surface area (Å²) < 4.78 is 64.7. The number of benzene rings is 1. The third-order valence-corrected chi connectivity index (χ3v) is 5.27. The number of sulfone groups is 1. The van der Waals surface area contributed by atoms with Crippen molar-refractivity contribution in [2.75, 3.05) is 6.26 Å². The summed E-state index contributed by atoms with van der Waals surface area (Å²) in [6.45, 7) is 0. The van der Waals surface area contributed by atoms with Crippen LogP contribution in [0.1, 0.15) is 5.69 Å². The molecule has 0 aliphatic carbocycles. The van der Waals surface area contributed by atoms with E-state index in [1.165, 1.54) is 10.6 Å². The van der Waals surface area contributed by atoms with Crippen LogP contribution in [0.25, 0.3) is 22.4 Å². The summed E-state index contributed by atoms with van der Waals surface area (Å²) in [6.07, 6.45) is -2.45. The fourth-order valence-corrected chi connectivity index (χ4v) is 3.88. The van der Waals surface area contributed by atoms with Crippen LogP contribution in [0.5, 0.6) is 0 Å². The van der Waals surface area contributed by atoms with Crippen LogP contribution in [0.3, 0.4) is 0 Å². The van der Waals surface area contributed by atoms with E-state index in [-0.39, 0.29) is 16.2 Å². The number of pyridine rings is 1. The van der Waals surface area contributed by atoms with Gasteiger partial charge in [0.2, 0.25) is 0 Å². The summed E-state index contributed by atoms with van der Waals surface area (Å²) in [5.41, 5.74) is -0.297. The summed E-state index contributed by atoms with van der Waals surface area (Å²) in [6, 6.07) is 5.48. The number of imidazole rings is 1. The lowest BCUT2D eigenvalue weighted by Crippen LogP contribution is -2.07. The summed E-state index contributed by atoms with van der Waals surface area (Å²) in [5.74, 6) is 0.240. The fraction of sp³-hybridized carbons (Fsp3) is 0.200. The van der Waals surface area contributed by atoms with Crippen LogP contribution in [0.4, 0.5) is 13.2 Å². The highest BCUT2D eigenvalue weighted by Gasteiger charge is 2.33. The predicted octanol–water partition coefficient (Wildman–Crippen LogP) is 3.82. The zero-order valence-electron chi connectivity index (χ0n) is 13.0. The molecule has 3 rings (SSSR count). The van der Waals surface area contributed by atoms with E-state index < -0.39 is 21.7 Å². The molecule has 0 saturated heterocycles. The SMILES string of the molecule is Cn1c(-c2ccc(Br)cc2S(C)(=O)=O)nc2cc(C(F)(F)F)ncc21. The Morgan fingerprint density at radius 2 is 1.88 bits per heavy atom. The molecule has 0 aliphatic heterocycles. The maximum Gasteiger partial charge on any atom is 0.433 e. The van der Waals surface area contributed by atoms with Gasteiger partial charge in [0.15, 0.2) is 9.84 Å². The van der Waals surface area contributed by atoms with Crippen LogP contribution in [0, 0.1) is 0 Å². The largest absolute Gasteiger partial charge is 0.433 e. The molecule has 0 fully saturated rings. The molecule has 10 heteroatoms. The molecule has 0 spiro atoms. The molecular formula is C15H11BrF3N3O2S. The van der Waals surface area contributed by atoms with Gasteiger partial charge in [0.05, 0.1) is 22.1 Å². The third kappa shape index (κ3) is 3.28. The van der Waals surface area contributed by atoms with Crippen molar-refractivity contribution in [1.82, 2.24) is 14.5 Å². The molecule has 5 nitrogen and oxygen atoms in total. The first-order valence-electron chi connectivity index (χ1n) is 6.88. The standard InChI is InChI=1S/C15H11BrF3N3O2S/c1-22-11-7-20-13(15(17,18)19)6-10(11)21-14(22)9-4-3-8(16)5-12(9)25(2,23)24/h3-7H,1-2H3. The van der Waals surface area contributed by atoms with Gasteiger partial charge in [0.25, 0.3) is 0 Å². The Kier molecular flexibility index (Phi) is 4.15. The van der Waals surface area contributed by atoms with Gasteiger partial charge in [-0.3, -0.25) is 0 Å². The number of alkyl halides is 3. The minimum absolute atomic E-state index is 0.0317. The van der Waals surface area contributed by atoms with Gasteiger partial charge >= 0.3 is 6.18 Å². The Morgan fingerprint density at radius 3 is 2.48 bits per heavy atom. The second-order valence-electron chi connectivity index (χ2n) is 5.46. The molecule has 0 aliphatic rings. The highest BCUT2D eigenvalue weighted by atomic mass is 79.9. The molecule has 3 aromatic rings. The number of rotatable bonds is 2. The number of fused-ring (bicyclic) bond motifs is 1. The van der Waals surface area contributed by atoms with Crippen LogP contribution in [-0.2, 0) is 23.1 Å². The Morgan fingerprint density at radius 1 is 1.20 bits per heavy atom. The molecule has 1 aromatic carbocycles. The van der Waals surface area contributed by atoms with Crippen molar-refractivity contribution in [2.45, 2.75) is 11.1 Å². The molecular weight excluding hydrogens is 423 g/mol. The molecule has 2 aromatic heterocycles. The van der Waals surface area contributed by atoms with Crippen molar-refractivity contribution >= 4 is 36.8 Å². The molecule has 0 saturated carbocycles. The first kappa shape index (κ1) is 17.9. The lowest BCUT2D eigenvalue weighted by molar-refractivity contribution is -0.141. The maximum atomic E-state index is 12.8. The van der Waals surface area contributed by atoms with Gasteiger partial charge in [0, 0.05) is 23.3 Å². The minimum Gasteiger partial charge on any atom is -0.326 e. The first-order valence-corrected chi connectivity index (χ1v) is 9.56. The Labute approximate surface area is 149 Å². The van der Waals surface area contributed by atoms with E-state index in [9.17, 15) is 21.6 Å². The molecule has 0 atom stereocenters. The molecule has 2 heterocycles. The van der Waals surface area contributed by atoms with Crippen molar-refractivity contribution in [3.63, 3.8) is 0 Å². The zero-order valence-corrected chi connectivity index (χ0v) is 15.4. The lowest BCUT2D eigenvalue weighted by atomic mass is 10.2. The van der Waals surface area contributed by atoms with Crippen LogP contribution < -0.4 is 0 Å². The Hall–Kier alpha value is -1.94. The molecule has 0 N–H and O–H groups in total. The predicted molar refractivity (Wildman–Crippen MR) is 89.8 cm³/mol. The van der Waals surface area contributed by atoms with Gasteiger partial charge < -0.3 is 4.57 Å². The fourth-order valence-electron chi connectivity index (χ4n) is 2.47. The Bertz CT molecular complexity index is 1090. The monoisotopic (exact) mass is 433 g/mol. The number of hydrogen-bond donors (Lipinski definition) is 0. The molecule has 0 bridgehead atoms. The highest BCUT2D eigenvalue weighted by Crippen LogP contribution is 2.33. The van der Waals surface area contributed by atoms with Crippen LogP contribution in [0.2, 0.25) is 0 Å². The van der Waals surface area contributed by atoms with E-state index >= 15 is 0 Å². The van der Waals surface area contributed by atoms with Crippen molar-refractivity contribution in [1.29, 1.82) is 0 Å². The molecule has 0 unspecified atom stereocenters. The highest BCUT2D eigenvalue weighted by molar-refractivity contribution is 9.10. The summed E-state index contributed by atoms with van der Waals surface area (Å²) in [5, 5.41) is 0. The topological polar surface area (TPSA) is 64.8 Å². The zero-order chi connectivity index (χ0) is 18.6. The van der Waals surface area contributed by atoms with Crippen molar-refractivity contribution < 1.29 is 21.6 Å². The lowest BCUT2D eigenvalue weighted by Gasteiger charge is -2.09. The number of hydrogen-bond acceptors (Lipinski definition) is 4. The summed E-state index contributed by atoms with van der Waals surface area (Å²) in [7, 11) is -1.98. The average molecular weight is 434 g/mol. The number of aromatic nitrogens is 3. The molecule has 0 amide bonds. The van der Waals surface area contributed by atoms with Gasteiger partial charge in [0.1, 0.15) is 11.5 Å². The van der Waals surface area contributed by atoms with Gasteiger partial charge in [-0.15, -0.1) is 0 Å². The van der Waals surface area contributed by atoms with E-state index in [1.54, 1.807) is 19.2 Å². The van der Waals surface area contributed by atoms with E-state index in [0.717, 1.165) is 18.5 Å². The van der Waals surface area contributed by atoms with Gasteiger partial charge in [-0.25, -0.2) is 18.4 Å². The van der Waals surface area contributed by atoms with Gasteiger partial charge in [-0.05, 0) is 24.3 Å². The number of halogens is 4. The van der Waals surface area contributed by atoms with Crippen molar-refractivity contribution in [3.8, 4) is 11.4 Å². The normalized spacial score (nSPS) is 12.7. The second kappa shape index (κ2) is 5.80. The Balaban J connectivity index is 2.29. The van der Waals surface area contributed by atoms with Crippen LogP contribution >= 0.6 is 15.9 Å². The summed E-state index contributed by atoms with van der Waals surface area (Å²) >= 11 is 3.22. The molecule has 132 valence electrons. The first-order chi connectivity index (χ1) is 11.5. The van der Waals surface area contributed by atoms with Gasteiger partial charge in [-0.1, -0.05) is 15.9 Å². The van der Waals surface area contributed by atoms with E-state index in [4.69, 9.17) is 0 Å². The minimum atomic E-state index is -4.58. The second-order valence-corrected chi connectivity index (χ2v) is 8.36. The maximum absolute atomic E-state index is 12.8. The van der Waals surface area contributed by atoms with Crippen LogP contribution in [-0.4, -0.2) is 29.2 Å². The van der Waals surface area contributed by atoms with Crippen molar-refractivity contribution in [3.05, 3.63) is 40.6 Å². The smallest absolute Gasteiger partial charge is 0.326 e. The number of aryl methyl sites for hydroxylation is 1. The van der Waals surface area contributed by atoms with Crippen LogP contribution in [0.15, 0.2) is 39.8 Å². The summed E-state index contributed by atoms with van der Waals surface area (Å²) in [4.78, 5) is 7.66. The molecule has 0 radical (unpaired) electrons. The third-order valence-electron chi connectivity index (χ3n) is 3.64. The quantitative estimate of drug-likeness (QED) is 0.616. The van der Waals surface area contributed by atoms with E-state index in [1.807, 2.05) is 0 Å². The van der Waals surface area contributed by atoms with E-state index in [2.05, 4.69) is 25.9 Å². The molecule has 25 heavy (non-hydrogen) atoms. The van der Waals surface area contributed by atoms with E-state index in [0.29, 0.717) is 15.6 Å². The van der Waals surface area contributed by atoms with Gasteiger partial charge in [-0.2, -0.15) is 13.2 Å². The van der Waals surface area contributed by atoms with Crippen molar-refractivity contribution in [2.24, 2.45) is 7.05 Å². The number of nitrogens with zero attached hydrogens (tertiary/aromatic N) is 3. The average Bonchev–Trinajstić information content (AvgIpc) is 2.82.